The number of carbonyl (C=O) groups excluding carboxylic acids is 1. The third-order valence-electron chi connectivity index (χ3n) is 9.79. The average Bonchev–Trinajstić information content (AvgIpc) is 3.93. The molecule has 0 aliphatic carbocycles. The highest BCUT2D eigenvalue weighted by Crippen LogP contribution is 2.39. The number of carbonyl (C=O) groups is 1. The van der Waals surface area contributed by atoms with Crippen molar-refractivity contribution in [1.82, 2.24) is 29.9 Å². The van der Waals surface area contributed by atoms with Crippen LogP contribution in [0.4, 0.5) is 0 Å². The highest BCUT2D eigenvalue weighted by molar-refractivity contribution is 6.00. The lowest BCUT2D eigenvalue weighted by Crippen LogP contribution is -2.04. The van der Waals surface area contributed by atoms with Gasteiger partial charge in [-0.1, -0.05) is 47.5 Å². The van der Waals surface area contributed by atoms with Gasteiger partial charge >= 0.3 is 5.97 Å². The molecule has 8 rings (SSSR count). The maximum absolute atomic E-state index is 12.5. The van der Waals surface area contributed by atoms with Crippen molar-refractivity contribution in [3.05, 3.63) is 140 Å². The van der Waals surface area contributed by atoms with Crippen molar-refractivity contribution in [3.8, 4) is 22.3 Å². The van der Waals surface area contributed by atoms with Crippen molar-refractivity contribution in [2.75, 3.05) is 6.61 Å². The molecule has 3 aromatic heterocycles. The number of hydrogen-bond donors (Lipinski definition) is 2. The maximum atomic E-state index is 12.5. The van der Waals surface area contributed by atoms with E-state index in [4.69, 9.17) is 24.7 Å². The first-order chi connectivity index (χ1) is 25.6. The molecule has 0 saturated carbocycles. The fourth-order valence-electron chi connectivity index (χ4n) is 7.76. The van der Waals surface area contributed by atoms with Gasteiger partial charge in [0.2, 0.25) is 0 Å². The Morgan fingerprint density at radius 3 is 1.72 bits per heavy atom. The van der Waals surface area contributed by atoms with Gasteiger partial charge in [0, 0.05) is 27.7 Å². The lowest BCUT2D eigenvalue weighted by Gasteiger charge is -2.13. The molecule has 0 unspecified atom stereocenters. The fourth-order valence-corrected chi connectivity index (χ4v) is 7.76. The quantitative estimate of drug-likeness (QED) is 0.173. The van der Waals surface area contributed by atoms with Gasteiger partial charge in [0.05, 0.1) is 23.6 Å². The summed E-state index contributed by atoms with van der Waals surface area (Å²) >= 11 is 0. The minimum atomic E-state index is -0.354. The smallest absolute Gasteiger partial charge is 0.338 e. The van der Waals surface area contributed by atoms with E-state index in [1.807, 2.05) is 36.4 Å². The summed E-state index contributed by atoms with van der Waals surface area (Å²) in [6, 6.07) is 24.3. The van der Waals surface area contributed by atoms with Gasteiger partial charge < -0.3 is 14.7 Å². The third kappa shape index (κ3) is 6.26. The molecule has 8 bridgehead atoms. The molecule has 0 fully saturated rings. The van der Waals surface area contributed by atoms with Crippen LogP contribution in [-0.2, 0) is 4.74 Å². The van der Waals surface area contributed by atoms with Crippen LogP contribution in [0.5, 0.6) is 0 Å². The van der Waals surface area contributed by atoms with Crippen LogP contribution in [-0.4, -0.2) is 42.5 Å². The summed E-state index contributed by atoms with van der Waals surface area (Å²) < 4.78 is 5.25. The maximum Gasteiger partial charge on any atom is 0.338 e. The summed E-state index contributed by atoms with van der Waals surface area (Å²) in [6.07, 6.45) is 6.09. The molecule has 53 heavy (non-hydrogen) atoms. The first-order valence-corrected chi connectivity index (χ1v) is 17.9. The van der Waals surface area contributed by atoms with Crippen molar-refractivity contribution >= 4 is 52.1 Å². The molecule has 2 aliphatic rings. The Morgan fingerprint density at radius 1 is 0.604 bits per heavy atom. The molecule has 6 aromatic rings. The SMILES string of the molecule is CCOC(=O)c1ccc(C2=Cc3nc2nc2ccc([nH]2)c(-c2c(C)cc(C)cc2C)c2nc(nc4ccc([nH]4)c3-c3c(C)cc(C)cc3C)C=C2)cc1. The number of hydrogen-bond acceptors (Lipinski definition) is 6. The van der Waals surface area contributed by atoms with Crippen LogP contribution in [0.2, 0.25) is 0 Å². The van der Waals surface area contributed by atoms with Crippen LogP contribution in [0.1, 0.15) is 79.3 Å². The molecule has 5 heterocycles. The molecule has 0 radical (unpaired) electrons. The van der Waals surface area contributed by atoms with Crippen molar-refractivity contribution in [2.24, 2.45) is 0 Å². The van der Waals surface area contributed by atoms with Gasteiger partial charge in [0.15, 0.2) is 11.6 Å². The number of ether oxygens (including phenoxy) is 1. The van der Waals surface area contributed by atoms with Gasteiger partial charge in [-0.15, -0.1) is 0 Å². The van der Waals surface area contributed by atoms with E-state index < -0.39 is 0 Å². The lowest BCUT2D eigenvalue weighted by atomic mass is 9.92. The Labute approximate surface area is 308 Å². The molecule has 0 amide bonds. The number of rotatable bonds is 5. The molecule has 262 valence electrons. The summed E-state index contributed by atoms with van der Waals surface area (Å²) in [4.78, 5) is 40.2. The molecule has 0 spiro atoms. The zero-order valence-corrected chi connectivity index (χ0v) is 31.0. The second-order valence-corrected chi connectivity index (χ2v) is 13.9. The van der Waals surface area contributed by atoms with Gasteiger partial charge in [0.1, 0.15) is 11.3 Å². The van der Waals surface area contributed by atoms with E-state index >= 15 is 0 Å². The Balaban J connectivity index is 1.47. The number of nitrogens with zero attached hydrogens (tertiary/aromatic N) is 4. The first kappa shape index (κ1) is 33.7. The average molecular weight is 697 g/mol. The first-order valence-electron chi connectivity index (χ1n) is 17.9. The fraction of sp³-hybridized carbons (Fsp3) is 0.178. The predicted molar refractivity (Wildman–Crippen MR) is 214 cm³/mol. The summed E-state index contributed by atoms with van der Waals surface area (Å²) in [5.74, 6) is 0.815. The van der Waals surface area contributed by atoms with Crippen LogP contribution in [0.3, 0.4) is 0 Å². The Morgan fingerprint density at radius 2 is 1.15 bits per heavy atom. The summed E-state index contributed by atoms with van der Waals surface area (Å²) in [5.41, 5.74) is 18.1. The molecule has 8 heteroatoms. The van der Waals surface area contributed by atoms with E-state index in [0.717, 1.165) is 78.1 Å². The molecule has 0 atom stereocenters. The Bertz CT molecular complexity index is 2660. The Kier molecular flexibility index (Phi) is 8.45. The lowest BCUT2D eigenvalue weighted by molar-refractivity contribution is 0.0526. The second-order valence-electron chi connectivity index (χ2n) is 13.9. The molecule has 2 N–H and O–H groups in total. The standard InChI is InChI=1S/C45H40N6O2/c1-8-53-45(52)31-11-9-30(10-12-31)32-23-36-43(41-28(6)21-25(3)22-29(41)7)35-14-17-38(47-35)50-37-16-13-33(46-37)42(40-26(4)19-24(2)20-27(40)5)34-15-18-39(48-34)51-44(32)49-36/h9-23H,8H2,1-7H3,(H,46,47,50)(H,48,49,51). The van der Waals surface area contributed by atoms with Crippen molar-refractivity contribution < 1.29 is 9.53 Å². The largest absolute Gasteiger partial charge is 0.462 e. The van der Waals surface area contributed by atoms with Crippen LogP contribution >= 0.6 is 0 Å². The van der Waals surface area contributed by atoms with Crippen LogP contribution in [0.15, 0.2) is 72.8 Å². The molecular formula is C45H40N6O2. The predicted octanol–water partition coefficient (Wildman–Crippen LogP) is 10.2. The van der Waals surface area contributed by atoms with Crippen molar-refractivity contribution in [3.63, 3.8) is 0 Å². The molecule has 8 nitrogen and oxygen atoms in total. The number of benzene rings is 3. The number of fused-ring (bicyclic) bond motifs is 8. The minimum Gasteiger partial charge on any atom is -0.462 e. The van der Waals surface area contributed by atoms with Gasteiger partial charge in [-0.3, -0.25) is 0 Å². The van der Waals surface area contributed by atoms with Gasteiger partial charge in [0.25, 0.3) is 0 Å². The van der Waals surface area contributed by atoms with Crippen LogP contribution < -0.4 is 0 Å². The van der Waals surface area contributed by atoms with Crippen LogP contribution in [0, 0.1) is 41.5 Å². The number of aromatic amines is 2. The molecule has 3 aromatic carbocycles. The highest BCUT2D eigenvalue weighted by Gasteiger charge is 2.22. The normalized spacial score (nSPS) is 12.2. The zero-order valence-electron chi connectivity index (χ0n) is 31.0. The van der Waals surface area contributed by atoms with E-state index in [-0.39, 0.29) is 5.97 Å². The van der Waals surface area contributed by atoms with E-state index in [2.05, 4.69) is 94.0 Å². The van der Waals surface area contributed by atoms with E-state index in [9.17, 15) is 4.79 Å². The van der Waals surface area contributed by atoms with E-state index in [0.29, 0.717) is 35.1 Å². The molecular weight excluding hydrogens is 657 g/mol. The summed E-state index contributed by atoms with van der Waals surface area (Å²) in [6.45, 7) is 14.9. The van der Waals surface area contributed by atoms with Gasteiger partial charge in [-0.05, 0) is 142 Å². The third-order valence-corrected chi connectivity index (χ3v) is 9.79. The minimum absolute atomic E-state index is 0.313. The van der Waals surface area contributed by atoms with Crippen molar-refractivity contribution in [1.29, 1.82) is 0 Å². The second kappa shape index (κ2) is 13.3. The van der Waals surface area contributed by atoms with Crippen molar-refractivity contribution in [2.45, 2.75) is 48.5 Å². The summed E-state index contributed by atoms with van der Waals surface area (Å²) in [7, 11) is 0. The zero-order chi connectivity index (χ0) is 37.0. The monoisotopic (exact) mass is 696 g/mol. The number of aromatic nitrogens is 6. The van der Waals surface area contributed by atoms with Crippen LogP contribution in [0.25, 0.3) is 68.4 Å². The molecule has 0 saturated heterocycles. The number of H-pyrrole nitrogens is 2. The summed E-state index contributed by atoms with van der Waals surface area (Å²) in [5, 5.41) is 0. The Hall–Kier alpha value is -6.41. The topological polar surface area (TPSA) is 109 Å². The van der Waals surface area contributed by atoms with Gasteiger partial charge in [-0.2, -0.15) is 0 Å². The number of esters is 1. The van der Waals surface area contributed by atoms with E-state index in [1.54, 1.807) is 19.1 Å². The molecule has 2 aliphatic heterocycles. The number of nitrogens with one attached hydrogen (secondary N) is 2. The van der Waals surface area contributed by atoms with E-state index in [1.165, 1.54) is 11.1 Å². The number of aryl methyl sites for hydroxylation is 6. The highest BCUT2D eigenvalue weighted by atomic mass is 16.5. The van der Waals surface area contributed by atoms with Gasteiger partial charge in [-0.25, -0.2) is 24.7 Å².